The minimum atomic E-state index is -0.905. The Morgan fingerprint density at radius 1 is 1.47 bits per heavy atom. The number of nitrogens with zero attached hydrogens (tertiary/aromatic N) is 2. The molecule has 2 N–H and O–H groups in total. The van der Waals surface area contributed by atoms with E-state index >= 15 is 0 Å². The molecule has 0 aromatic carbocycles. The van der Waals surface area contributed by atoms with Crippen LogP contribution in [0.3, 0.4) is 0 Å². The molecule has 0 aliphatic rings. The predicted molar refractivity (Wildman–Crippen MR) is 51.9 cm³/mol. The van der Waals surface area contributed by atoms with Gasteiger partial charge in [0.25, 0.3) is 0 Å². The molecule has 0 radical (unpaired) electrons. The summed E-state index contributed by atoms with van der Waals surface area (Å²) >= 11 is 0. The molecule has 1 aromatic rings. The van der Waals surface area contributed by atoms with Crippen LogP contribution in [0.2, 0.25) is 0 Å². The number of hydrogen-bond acceptors (Lipinski definition) is 4. The van der Waals surface area contributed by atoms with Crippen LogP contribution in [0, 0.1) is 11.7 Å². The number of nitrogens with one attached hydrogen (secondary N) is 1. The molecule has 0 bridgehead atoms. The number of carbonyl (C=O) groups is 1. The lowest BCUT2D eigenvalue weighted by Gasteiger charge is -2.17. The maximum absolute atomic E-state index is 12.5. The van der Waals surface area contributed by atoms with Crippen LogP contribution in [0.5, 0.6) is 0 Å². The van der Waals surface area contributed by atoms with Gasteiger partial charge in [-0.25, -0.2) is 14.4 Å². The van der Waals surface area contributed by atoms with Gasteiger partial charge in [-0.2, -0.15) is 0 Å². The number of carboxylic acid groups (broad SMARTS) is 1. The lowest BCUT2D eigenvalue weighted by Crippen LogP contribution is -2.30. The molecule has 0 saturated heterocycles. The van der Waals surface area contributed by atoms with Crippen LogP contribution < -0.4 is 5.32 Å². The van der Waals surface area contributed by atoms with Crippen molar-refractivity contribution in [2.45, 2.75) is 19.9 Å². The Morgan fingerprint density at radius 3 is 2.47 bits per heavy atom. The zero-order valence-corrected chi connectivity index (χ0v) is 8.44. The molecule has 15 heavy (non-hydrogen) atoms. The topological polar surface area (TPSA) is 75.1 Å². The van der Waals surface area contributed by atoms with Crippen LogP contribution in [-0.4, -0.2) is 27.1 Å². The third kappa shape index (κ3) is 3.16. The number of hydrogen-bond donors (Lipinski definition) is 2. The minimum Gasteiger partial charge on any atom is -0.481 e. The van der Waals surface area contributed by atoms with E-state index in [9.17, 15) is 9.18 Å². The molecular weight excluding hydrogens is 201 g/mol. The van der Waals surface area contributed by atoms with E-state index in [1.807, 2.05) is 0 Å². The van der Waals surface area contributed by atoms with Crippen molar-refractivity contribution in [1.29, 1.82) is 0 Å². The second-order valence-electron chi connectivity index (χ2n) is 3.28. The van der Waals surface area contributed by atoms with Crippen molar-refractivity contribution in [2.75, 3.05) is 5.32 Å². The molecule has 5 nitrogen and oxygen atoms in total. The van der Waals surface area contributed by atoms with Gasteiger partial charge in [-0.05, 0) is 13.8 Å². The molecule has 6 heteroatoms. The van der Waals surface area contributed by atoms with Crippen molar-refractivity contribution in [3.8, 4) is 0 Å². The highest BCUT2D eigenvalue weighted by atomic mass is 19.1. The van der Waals surface area contributed by atoms with Crippen LogP contribution in [0.1, 0.15) is 13.8 Å². The third-order valence-electron chi connectivity index (χ3n) is 2.12. The normalized spacial score (nSPS) is 14.3. The van der Waals surface area contributed by atoms with Gasteiger partial charge in [-0.3, -0.25) is 4.79 Å². The predicted octanol–water partition coefficient (Wildman–Crippen LogP) is 1.14. The smallest absolute Gasteiger partial charge is 0.308 e. The Bertz CT molecular complexity index is 342. The highest BCUT2D eigenvalue weighted by Gasteiger charge is 2.19. The second-order valence-corrected chi connectivity index (χ2v) is 3.28. The lowest BCUT2D eigenvalue weighted by molar-refractivity contribution is -0.141. The molecule has 2 atom stereocenters. The first-order valence-corrected chi connectivity index (χ1v) is 4.47. The Kier molecular flexibility index (Phi) is 3.54. The van der Waals surface area contributed by atoms with Gasteiger partial charge in [-0.15, -0.1) is 0 Å². The molecule has 82 valence electrons. The van der Waals surface area contributed by atoms with E-state index in [0.717, 1.165) is 12.4 Å². The van der Waals surface area contributed by atoms with Gasteiger partial charge in [0.1, 0.15) is 0 Å². The van der Waals surface area contributed by atoms with Gasteiger partial charge in [0.05, 0.1) is 18.3 Å². The molecule has 0 saturated carbocycles. The lowest BCUT2D eigenvalue weighted by atomic mass is 10.0. The monoisotopic (exact) mass is 213 g/mol. The highest BCUT2D eigenvalue weighted by Crippen LogP contribution is 2.08. The van der Waals surface area contributed by atoms with Crippen LogP contribution in [0.4, 0.5) is 10.3 Å². The molecular formula is C9H12FN3O2. The van der Waals surface area contributed by atoms with Crippen molar-refractivity contribution >= 4 is 11.9 Å². The number of halogens is 1. The number of aliphatic carboxylic acids is 1. The molecule has 1 rings (SSSR count). The molecule has 0 amide bonds. The molecule has 1 heterocycles. The van der Waals surface area contributed by atoms with Gasteiger partial charge in [0.15, 0.2) is 5.82 Å². The zero-order valence-electron chi connectivity index (χ0n) is 8.44. The van der Waals surface area contributed by atoms with E-state index < -0.39 is 17.7 Å². The Hall–Kier alpha value is -1.72. The summed E-state index contributed by atoms with van der Waals surface area (Å²) in [6.07, 6.45) is 2.04. The number of rotatable bonds is 4. The molecule has 2 unspecified atom stereocenters. The third-order valence-corrected chi connectivity index (χ3v) is 2.12. The maximum Gasteiger partial charge on any atom is 0.308 e. The fraction of sp³-hybridized carbons (Fsp3) is 0.444. The van der Waals surface area contributed by atoms with Crippen LogP contribution in [0.15, 0.2) is 12.4 Å². The van der Waals surface area contributed by atoms with Crippen LogP contribution in [-0.2, 0) is 4.79 Å². The first kappa shape index (κ1) is 11.4. The highest BCUT2D eigenvalue weighted by molar-refractivity contribution is 5.70. The first-order chi connectivity index (χ1) is 7.00. The fourth-order valence-electron chi connectivity index (χ4n) is 0.929. The van der Waals surface area contributed by atoms with Crippen molar-refractivity contribution in [3.05, 3.63) is 18.2 Å². The van der Waals surface area contributed by atoms with E-state index in [0.29, 0.717) is 0 Å². The minimum absolute atomic E-state index is 0.219. The van der Waals surface area contributed by atoms with E-state index in [1.54, 1.807) is 13.8 Å². The summed E-state index contributed by atoms with van der Waals surface area (Å²) in [4.78, 5) is 18.0. The van der Waals surface area contributed by atoms with Crippen molar-refractivity contribution in [3.63, 3.8) is 0 Å². The number of aromatic nitrogens is 2. The van der Waals surface area contributed by atoms with E-state index in [4.69, 9.17) is 5.11 Å². The molecule has 0 spiro atoms. The number of anilines is 1. The largest absolute Gasteiger partial charge is 0.481 e. The molecule has 0 aliphatic heterocycles. The zero-order chi connectivity index (χ0) is 11.4. The van der Waals surface area contributed by atoms with Crippen LogP contribution >= 0.6 is 0 Å². The molecule has 1 aromatic heterocycles. The Labute approximate surface area is 86.4 Å². The van der Waals surface area contributed by atoms with E-state index in [2.05, 4.69) is 15.3 Å². The van der Waals surface area contributed by atoms with Crippen LogP contribution in [0.25, 0.3) is 0 Å². The summed E-state index contributed by atoms with van der Waals surface area (Å²) in [5.41, 5.74) is 0. The summed E-state index contributed by atoms with van der Waals surface area (Å²) in [5, 5.41) is 11.5. The summed E-state index contributed by atoms with van der Waals surface area (Å²) in [6, 6.07) is -0.326. The quantitative estimate of drug-likeness (QED) is 0.784. The second kappa shape index (κ2) is 4.68. The van der Waals surface area contributed by atoms with Gasteiger partial charge >= 0.3 is 5.97 Å². The van der Waals surface area contributed by atoms with Crippen molar-refractivity contribution in [2.24, 2.45) is 5.92 Å². The summed E-state index contributed by atoms with van der Waals surface area (Å²) in [7, 11) is 0. The van der Waals surface area contributed by atoms with E-state index in [-0.39, 0.29) is 12.0 Å². The Balaban J connectivity index is 2.62. The number of carboxylic acids is 1. The van der Waals surface area contributed by atoms with E-state index in [1.165, 1.54) is 0 Å². The molecule has 0 fully saturated rings. The maximum atomic E-state index is 12.5. The molecule has 0 aliphatic carbocycles. The first-order valence-electron chi connectivity index (χ1n) is 4.47. The van der Waals surface area contributed by atoms with Crippen molar-refractivity contribution < 1.29 is 14.3 Å². The van der Waals surface area contributed by atoms with Gasteiger partial charge in [0.2, 0.25) is 5.95 Å². The van der Waals surface area contributed by atoms with Gasteiger partial charge < -0.3 is 10.4 Å². The van der Waals surface area contributed by atoms with Crippen molar-refractivity contribution in [1.82, 2.24) is 9.97 Å². The fourth-order valence-corrected chi connectivity index (χ4v) is 0.929. The summed E-state index contributed by atoms with van der Waals surface area (Å²) in [6.45, 7) is 3.27. The average Bonchev–Trinajstić information content (AvgIpc) is 2.20. The summed E-state index contributed by atoms with van der Waals surface area (Å²) < 4.78 is 12.5. The average molecular weight is 213 g/mol. The Morgan fingerprint density at radius 2 is 2.00 bits per heavy atom. The summed E-state index contributed by atoms with van der Waals surface area (Å²) in [5.74, 6) is -1.78. The van der Waals surface area contributed by atoms with Gasteiger partial charge in [0, 0.05) is 6.04 Å². The standard InChI is InChI=1S/C9H12FN3O2/c1-5(8(14)15)6(2)13-9-11-3-7(10)4-12-9/h3-6H,1-2H3,(H,14,15)(H,11,12,13). The SMILES string of the molecule is CC(Nc1ncc(F)cn1)C(C)C(=O)O. The van der Waals surface area contributed by atoms with Gasteiger partial charge in [-0.1, -0.05) is 0 Å².